The second-order valence-corrected chi connectivity index (χ2v) is 13.8. The van der Waals surface area contributed by atoms with Crippen molar-refractivity contribution in [2.75, 3.05) is 0 Å². The van der Waals surface area contributed by atoms with Crippen LogP contribution in [0.5, 0.6) is 0 Å². The summed E-state index contributed by atoms with van der Waals surface area (Å²) in [4.78, 5) is 0. The molecule has 228 valence electrons. The maximum Gasteiger partial charge on any atom is 0.144 e. The van der Waals surface area contributed by atoms with E-state index in [0.717, 1.165) is 55.4 Å². The number of thiophene rings is 1. The molecule has 0 fully saturated rings. The van der Waals surface area contributed by atoms with Crippen molar-refractivity contribution in [3.8, 4) is 33.6 Å². The molecule has 11 rings (SSSR count). The lowest BCUT2D eigenvalue weighted by Gasteiger charge is -2.18. The topological polar surface area (TPSA) is 26.3 Å². The van der Waals surface area contributed by atoms with E-state index in [4.69, 9.17) is 8.83 Å². The number of fused-ring (bicyclic) bond motifs is 9. The van der Waals surface area contributed by atoms with Crippen molar-refractivity contribution in [1.29, 1.82) is 0 Å². The molecule has 0 amide bonds. The molecule has 0 atom stereocenters. The van der Waals surface area contributed by atoms with Gasteiger partial charge >= 0.3 is 0 Å². The highest BCUT2D eigenvalue weighted by molar-refractivity contribution is 7.26. The van der Waals surface area contributed by atoms with E-state index in [1.54, 1.807) is 0 Å². The summed E-state index contributed by atoms with van der Waals surface area (Å²) < 4.78 is 16.1. The Hall–Kier alpha value is -6.16. The Labute approximate surface area is 285 Å². The van der Waals surface area contributed by atoms with Crippen LogP contribution in [0.15, 0.2) is 167 Å². The number of rotatable bonds is 3. The maximum atomic E-state index is 6.83. The maximum absolute atomic E-state index is 6.83. The van der Waals surface area contributed by atoms with Gasteiger partial charge in [-0.05, 0) is 51.4 Å². The third-order valence-corrected chi connectivity index (χ3v) is 11.3. The van der Waals surface area contributed by atoms with Gasteiger partial charge in [0.1, 0.15) is 22.5 Å². The molecular weight excluding hydrogens is 617 g/mol. The monoisotopic (exact) mass is 642 g/mol. The van der Waals surface area contributed by atoms with Crippen LogP contribution in [-0.4, -0.2) is 0 Å². The van der Waals surface area contributed by atoms with Gasteiger partial charge in [0.2, 0.25) is 0 Å². The van der Waals surface area contributed by atoms with Crippen LogP contribution in [-0.2, 0) is 0 Å². The van der Waals surface area contributed by atoms with Gasteiger partial charge in [0.25, 0.3) is 0 Å². The molecule has 8 aromatic carbocycles. The van der Waals surface area contributed by atoms with Crippen molar-refractivity contribution in [3.05, 3.63) is 158 Å². The van der Waals surface area contributed by atoms with Crippen LogP contribution in [0.4, 0.5) is 0 Å². The number of benzene rings is 8. The molecule has 3 aromatic heterocycles. The minimum atomic E-state index is 0.843. The van der Waals surface area contributed by atoms with E-state index in [1.807, 2.05) is 23.5 Å². The van der Waals surface area contributed by atoms with Crippen molar-refractivity contribution >= 4 is 86.0 Å². The molecule has 0 saturated heterocycles. The van der Waals surface area contributed by atoms with Gasteiger partial charge < -0.3 is 8.83 Å². The zero-order valence-corrected chi connectivity index (χ0v) is 27.1. The highest BCUT2D eigenvalue weighted by Gasteiger charge is 2.25. The van der Waals surface area contributed by atoms with Crippen LogP contribution in [0.25, 0.3) is 108 Å². The largest absolute Gasteiger partial charge is 0.456 e. The molecule has 0 radical (unpaired) electrons. The van der Waals surface area contributed by atoms with E-state index < -0.39 is 0 Å². The summed E-state index contributed by atoms with van der Waals surface area (Å²) in [6.45, 7) is 0. The zero-order valence-electron chi connectivity index (χ0n) is 26.2. The predicted molar refractivity (Wildman–Crippen MR) is 208 cm³/mol. The molecule has 0 aliphatic heterocycles. The van der Waals surface area contributed by atoms with Crippen molar-refractivity contribution < 1.29 is 8.83 Å². The lowest BCUT2D eigenvalue weighted by molar-refractivity contribution is 0.631. The second-order valence-electron chi connectivity index (χ2n) is 12.7. The first-order valence-corrected chi connectivity index (χ1v) is 17.4. The van der Waals surface area contributed by atoms with Gasteiger partial charge in [0.05, 0.1) is 0 Å². The number of hydrogen-bond donors (Lipinski definition) is 0. The van der Waals surface area contributed by atoms with Crippen LogP contribution in [0.1, 0.15) is 0 Å². The molecule has 2 nitrogen and oxygen atoms in total. The minimum absolute atomic E-state index is 0.843. The molecule has 11 aromatic rings. The van der Waals surface area contributed by atoms with Crippen molar-refractivity contribution in [2.24, 2.45) is 0 Å². The van der Waals surface area contributed by atoms with Gasteiger partial charge in [-0.15, -0.1) is 11.3 Å². The Morgan fingerprint density at radius 2 is 0.980 bits per heavy atom. The molecular formula is C46H26O2S. The average molecular weight is 643 g/mol. The smallest absolute Gasteiger partial charge is 0.144 e. The summed E-state index contributed by atoms with van der Waals surface area (Å²) in [6.07, 6.45) is 0. The van der Waals surface area contributed by atoms with E-state index in [9.17, 15) is 0 Å². The Balaban J connectivity index is 1.32. The molecule has 0 saturated carbocycles. The van der Waals surface area contributed by atoms with Crippen LogP contribution in [0.2, 0.25) is 0 Å². The van der Waals surface area contributed by atoms with Crippen molar-refractivity contribution in [2.45, 2.75) is 0 Å². The zero-order chi connectivity index (χ0) is 32.1. The van der Waals surface area contributed by atoms with Crippen LogP contribution < -0.4 is 0 Å². The molecule has 0 aliphatic rings. The van der Waals surface area contributed by atoms with Gasteiger partial charge in [-0.1, -0.05) is 133 Å². The summed E-state index contributed by atoms with van der Waals surface area (Å²) in [7, 11) is 0. The van der Waals surface area contributed by atoms with E-state index in [2.05, 4.69) is 146 Å². The summed E-state index contributed by atoms with van der Waals surface area (Å²) >= 11 is 1.88. The number of hydrogen-bond acceptors (Lipinski definition) is 3. The van der Waals surface area contributed by atoms with Crippen LogP contribution in [0.3, 0.4) is 0 Å². The third-order valence-electron chi connectivity index (χ3n) is 10.1. The summed E-state index contributed by atoms with van der Waals surface area (Å²) in [6, 6.07) is 56.3. The third kappa shape index (κ3) is 3.82. The number of para-hydroxylation sites is 1. The Morgan fingerprint density at radius 3 is 1.73 bits per heavy atom. The lowest BCUT2D eigenvalue weighted by atomic mass is 9.84. The fourth-order valence-electron chi connectivity index (χ4n) is 7.98. The van der Waals surface area contributed by atoms with Gasteiger partial charge in [-0.25, -0.2) is 0 Å². The minimum Gasteiger partial charge on any atom is -0.456 e. The average Bonchev–Trinajstić information content (AvgIpc) is 3.87. The Bertz CT molecular complexity index is 3050. The first-order chi connectivity index (χ1) is 24.3. The first-order valence-electron chi connectivity index (χ1n) is 16.6. The fourth-order valence-corrected chi connectivity index (χ4v) is 9.20. The molecule has 0 N–H and O–H groups in total. The molecule has 0 aliphatic carbocycles. The SMILES string of the molecule is c1ccc(-c2cc3c(-c4c5ccccc5c(-c5cccc6c5sc5ccccc56)c5ccccc45)c4oc5ccccc5c4cc3o2)cc1. The Kier molecular flexibility index (Phi) is 5.57. The van der Waals surface area contributed by atoms with Gasteiger partial charge in [-0.3, -0.25) is 0 Å². The van der Waals surface area contributed by atoms with Crippen molar-refractivity contribution in [3.63, 3.8) is 0 Å². The van der Waals surface area contributed by atoms with E-state index in [0.29, 0.717) is 0 Å². The predicted octanol–water partition coefficient (Wildman–Crippen LogP) is 14.0. The van der Waals surface area contributed by atoms with Crippen LogP contribution >= 0.6 is 11.3 Å². The molecule has 0 spiro atoms. The van der Waals surface area contributed by atoms with Gasteiger partial charge in [0.15, 0.2) is 0 Å². The first kappa shape index (κ1) is 26.9. The van der Waals surface area contributed by atoms with Gasteiger partial charge in [-0.2, -0.15) is 0 Å². The molecule has 49 heavy (non-hydrogen) atoms. The Morgan fingerprint density at radius 1 is 0.367 bits per heavy atom. The molecule has 0 unspecified atom stereocenters. The quantitative estimate of drug-likeness (QED) is 0.179. The molecule has 3 heteroatoms. The number of furan rings is 2. The van der Waals surface area contributed by atoms with Crippen LogP contribution in [0, 0.1) is 0 Å². The summed E-state index contributed by atoms with van der Waals surface area (Å²) in [5.74, 6) is 0.843. The standard InChI is InChI=1S/C46H26O2S/c1-2-13-27(14-3-1)39-26-37-40(47-39)25-36-28-15-8-10-23-38(28)48-45(36)44(37)43-32-19-6-4-17-30(32)42(31-18-5-7-20-33(31)43)35-22-12-21-34-29-16-9-11-24-41(29)49-46(34)35/h1-26H. The highest BCUT2D eigenvalue weighted by Crippen LogP contribution is 2.51. The normalized spacial score (nSPS) is 12.1. The fraction of sp³-hybridized carbons (Fsp3) is 0. The summed E-state index contributed by atoms with van der Waals surface area (Å²) in [5.41, 5.74) is 8.40. The van der Waals surface area contributed by atoms with E-state index in [-0.39, 0.29) is 0 Å². The second kappa shape index (κ2) is 10.2. The van der Waals surface area contributed by atoms with Crippen molar-refractivity contribution in [1.82, 2.24) is 0 Å². The van der Waals surface area contributed by atoms with E-state index >= 15 is 0 Å². The molecule has 3 heterocycles. The summed E-state index contributed by atoms with van der Waals surface area (Å²) in [5, 5.41) is 10.6. The lowest BCUT2D eigenvalue weighted by Crippen LogP contribution is -1.92. The van der Waals surface area contributed by atoms with E-state index in [1.165, 1.54) is 52.8 Å². The molecule has 0 bridgehead atoms. The highest BCUT2D eigenvalue weighted by atomic mass is 32.1. The van der Waals surface area contributed by atoms with Gasteiger partial charge in [0, 0.05) is 58.6 Å².